The van der Waals surface area contributed by atoms with Crippen LogP contribution in [-0.4, -0.2) is 15.5 Å². The third-order valence-electron chi connectivity index (χ3n) is 4.42. The van der Waals surface area contributed by atoms with Gasteiger partial charge < -0.3 is 14.2 Å². The predicted molar refractivity (Wildman–Crippen MR) is 118 cm³/mol. The van der Waals surface area contributed by atoms with Gasteiger partial charge >= 0.3 is 10.1 Å². The van der Waals surface area contributed by atoms with Crippen LogP contribution in [0.25, 0.3) is 0 Å². The molecule has 3 aromatic rings. The van der Waals surface area contributed by atoms with Crippen LogP contribution < -0.4 is 14.2 Å². The Morgan fingerprint density at radius 1 is 1.00 bits per heavy atom. The number of aryl methyl sites for hydroxylation is 2. The van der Waals surface area contributed by atoms with Crippen LogP contribution in [0.15, 0.2) is 70.0 Å². The van der Waals surface area contributed by atoms with E-state index >= 15 is 0 Å². The topological polar surface area (TPSA) is 64.6 Å². The lowest BCUT2D eigenvalue weighted by atomic mass is 10.1. The monoisotopic (exact) mass is 475 g/mol. The molecule has 0 amide bonds. The van der Waals surface area contributed by atoms with Gasteiger partial charge in [-0.25, -0.2) is 0 Å². The fraction of sp³-hybridized carbons (Fsp3) is 0.182. The molecule has 7 heteroatoms. The molecule has 0 saturated heterocycles. The van der Waals surface area contributed by atoms with Gasteiger partial charge in [-0.1, -0.05) is 35.9 Å². The van der Waals surface area contributed by atoms with Gasteiger partial charge in [0.05, 0.1) is 11.6 Å². The summed E-state index contributed by atoms with van der Waals surface area (Å²) in [6, 6.07) is 18.1. The second kappa shape index (κ2) is 8.88. The lowest BCUT2D eigenvalue weighted by molar-refractivity contribution is 0.389. The second-order valence-electron chi connectivity index (χ2n) is 6.63. The predicted octanol–water partition coefficient (Wildman–Crippen LogP) is 5.45. The Bertz CT molecular complexity index is 1110. The van der Waals surface area contributed by atoms with E-state index in [1.54, 1.807) is 18.2 Å². The van der Waals surface area contributed by atoms with Crippen molar-refractivity contribution in [1.82, 2.24) is 0 Å². The third-order valence-corrected chi connectivity index (χ3v) is 6.24. The minimum absolute atomic E-state index is 0.0855. The van der Waals surface area contributed by atoms with Gasteiger partial charge in [0.1, 0.15) is 4.90 Å². The maximum absolute atomic E-state index is 12.7. The molecule has 0 aromatic heterocycles. The van der Waals surface area contributed by atoms with E-state index in [9.17, 15) is 8.42 Å². The molecule has 0 radical (unpaired) electrons. The van der Waals surface area contributed by atoms with Crippen LogP contribution >= 0.6 is 15.9 Å². The summed E-state index contributed by atoms with van der Waals surface area (Å²) < 4.78 is 36.6. The van der Waals surface area contributed by atoms with Crippen LogP contribution in [0.1, 0.15) is 16.7 Å². The number of anilines is 1. The molecule has 0 fully saturated rings. The number of halogens is 1. The van der Waals surface area contributed by atoms with Crippen LogP contribution in [0, 0.1) is 13.8 Å². The first-order valence-corrected chi connectivity index (χ1v) is 11.2. The Hall–Kier alpha value is -2.51. The van der Waals surface area contributed by atoms with E-state index in [1.165, 1.54) is 19.2 Å². The van der Waals surface area contributed by atoms with Gasteiger partial charge in [0.15, 0.2) is 11.5 Å². The normalized spacial score (nSPS) is 11.2. The fourth-order valence-corrected chi connectivity index (χ4v) is 4.42. The van der Waals surface area contributed by atoms with Crippen LogP contribution in [0.2, 0.25) is 0 Å². The van der Waals surface area contributed by atoms with Crippen molar-refractivity contribution in [1.29, 1.82) is 0 Å². The molecule has 29 heavy (non-hydrogen) atoms. The summed E-state index contributed by atoms with van der Waals surface area (Å²) in [5.74, 6) is 0.448. The van der Waals surface area contributed by atoms with Gasteiger partial charge in [0.2, 0.25) is 0 Å². The zero-order valence-electron chi connectivity index (χ0n) is 16.4. The summed E-state index contributed by atoms with van der Waals surface area (Å²) in [5, 5.41) is 3.37. The number of methoxy groups -OCH3 is 1. The van der Waals surface area contributed by atoms with Crippen molar-refractivity contribution < 1.29 is 17.3 Å². The maximum atomic E-state index is 12.7. The van der Waals surface area contributed by atoms with Crippen LogP contribution in [-0.2, 0) is 16.7 Å². The molecule has 0 saturated carbocycles. The molecule has 0 atom stereocenters. The standard InChI is InChI=1S/C22H22BrNO4S/c1-15-8-10-18(11-9-15)29(25,26)28-22-19(23)12-17(13-21(22)27-3)14-24-20-7-5-4-6-16(20)2/h4-13,24H,14H2,1-3H3. The Labute approximate surface area is 179 Å². The van der Waals surface area contributed by atoms with Crippen molar-refractivity contribution in [3.8, 4) is 11.5 Å². The second-order valence-corrected chi connectivity index (χ2v) is 9.03. The molecule has 0 aliphatic carbocycles. The number of nitrogens with one attached hydrogen (secondary N) is 1. The highest BCUT2D eigenvalue weighted by molar-refractivity contribution is 9.10. The first-order chi connectivity index (χ1) is 13.8. The van der Waals surface area contributed by atoms with Gasteiger partial charge in [-0.15, -0.1) is 0 Å². The van der Waals surface area contributed by atoms with Crippen molar-refractivity contribution in [2.24, 2.45) is 0 Å². The van der Waals surface area contributed by atoms with E-state index in [0.717, 1.165) is 22.4 Å². The average Bonchev–Trinajstić information content (AvgIpc) is 2.69. The highest BCUT2D eigenvalue weighted by Gasteiger charge is 2.22. The molecule has 0 heterocycles. The van der Waals surface area contributed by atoms with Gasteiger partial charge in [-0.2, -0.15) is 8.42 Å². The maximum Gasteiger partial charge on any atom is 0.339 e. The quantitative estimate of drug-likeness (QED) is 0.459. The minimum Gasteiger partial charge on any atom is -0.493 e. The number of ether oxygens (including phenoxy) is 1. The smallest absolute Gasteiger partial charge is 0.339 e. The molecule has 0 unspecified atom stereocenters. The number of hydrogen-bond donors (Lipinski definition) is 1. The SMILES string of the molecule is COc1cc(CNc2ccccc2C)cc(Br)c1OS(=O)(=O)c1ccc(C)cc1. The summed E-state index contributed by atoms with van der Waals surface area (Å²) in [6.45, 7) is 4.47. The Balaban J connectivity index is 1.85. The molecule has 5 nitrogen and oxygen atoms in total. The number of para-hydroxylation sites is 1. The van der Waals surface area contributed by atoms with Gasteiger partial charge in [-0.05, 0) is 71.2 Å². The Morgan fingerprint density at radius 2 is 1.69 bits per heavy atom. The van der Waals surface area contributed by atoms with E-state index < -0.39 is 10.1 Å². The molecule has 0 spiro atoms. The van der Waals surface area contributed by atoms with Gasteiger partial charge in [0.25, 0.3) is 0 Å². The Kier molecular flexibility index (Phi) is 6.49. The number of hydrogen-bond acceptors (Lipinski definition) is 5. The summed E-state index contributed by atoms with van der Waals surface area (Å²) in [7, 11) is -2.51. The molecule has 0 bridgehead atoms. The number of rotatable bonds is 7. The van der Waals surface area contributed by atoms with Crippen molar-refractivity contribution in [3.63, 3.8) is 0 Å². The first-order valence-electron chi connectivity index (χ1n) is 8.97. The van der Waals surface area contributed by atoms with Crippen molar-refractivity contribution in [3.05, 3.63) is 81.8 Å². The van der Waals surface area contributed by atoms with Gasteiger partial charge in [-0.3, -0.25) is 0 Å². The van der Waals surface area contributed by atoms with Crippen LogP contribution in [0.5, 0.6) is 11.5 Å². The molecular weight excluding hydrogens is 454 g/mol. The molecule has 1 N–H and O–H groups in total. The van der Waals surface area contributed by atoms with Crippen molar-refractivity contribution >= 4 is 31.7 Å². The molecule has 3 rings (SSSR count). The zero-order valence-corrected chi connectivity index (χ0v) is 18.8. The van der Waals surface area contributed by atoms with Crippen LogP contribution in [0.4, 0.5) is 5.69 Å². The van der Waals surface area contributed by atoms with Gasteiger partial charge in [0, 0.05) is 12.2 Å². The van der Waals surface area contributed by atoms with E-state index in [4.69, 9.17) is 8.92 Å². The zero-order chi connectivity index (χ0) is 21.0. The van der Waals surface area contributed by atoms with Crippen molar-refractivity contribution in [2.75, 3.05) is 12.4 Å². The van der Waals surface area contributed by atoms with E-state index in [1.807, 2.05) is 44.2 Å². The largest absolute Gasteiger partial charge is 0.493 e. The highest BCUT2D eigenvalue weighted by atomic mass is 79.9. The summed E-state index contributed by atoms with van der Waals surface area (Å²) in [6.07, 6.45) is 0. The Morgan fingerprint density at radius 3 is 2.34 bits per heavy atom. The molecule has 152 valence electrons. The lowest BCUT2D eigenvalue weighted by Crippen LogP contribution is -2.11. The van der Waals surface area contributed by atoms with E-state index in [0.29, 0.717) is 16.8 Å². The average molecular weight is 476 g/mol. The molecular formula is C22H22BrNO4S. The first kappa shape index (κ1) is 21.2. The minimum atomic E-state index is -3.98. The number of benzene rings is 3. The van der Waals surface area contributed by atoms with E-state index in [2.05, 4.69) is 21.2 Å². The van der Waals surface area contributed by atoms with Crippen molar-refractivity contribution in [2.45, 2.75) is 25.3 Å². The summed E-state index contributed by atoms with van der Waals surface area (Å²) in [4.78, 5) is 0.0855. The summed E-state index contributed by atoms with van der Waals surface area (Å²) in [5.41, 5.74) is 4.05. The van der Waals surface area contributed by atoms with Crippen LogP contribution in [0.3, 0.4) is 0 Å². The fourth-order valence-electron chi connectivity index (χ4n) is 2.79. The third kappa shape index (κ3) is 5.10. The molecule has 3 aromatic carbocycles. The lowest BCUT2D eigenvalue weighted by Gasteiger charge is -2.15. The van der Waals surface area contributed by atoms with E-state index in [-0.39, 0.29) is 10.6 Å². The molecule has 0 aliphatic heterocycles. The molecule has 0 aliphatic rings. The summed E-state index contributed by atoms with van der Waals surface area (Å²) >= 11 is 3.42. The highest BCUT2D eigenvalue weighted by Crippen LogP contribution is 2.38.